The lowest BCUT2D eigenvalue weighted by Crippen LogP contribution is -2.31. The Morgan fingerprint density at radius 3 is 2.75 bits per heavy atom. The molecule has 0 fully saturated rings. The minimum atomic E-state index is -0.642. The Hall–Kier alpha value is -2.00. The number of nitrogens with one attached hydrogen (secondary N) is 2. The minimum Gasteiger partial charge on any atom is -0.468 e. The Morgan fingerprint density at radius 1 is 1.38 bits per heavy atom. The Balaban J connectivity index is 1.96. The van der Waals surface area contributed by atoms with E-state index in [9.17, 15) is 9.59 Å². The average molecular weight is 366 g/mol. The standard InChI is InChI=1S/C15H18N4O3S2/c1-10(12(13(20)22-2)24-15-16-8-9-23-15)18-19-14(21)17-11-6-4-3-5-7-11/h3-7,12H,8-9H2,1-2H3,(H2,17,19,21)/b18-10+. The molecule has 1 heterocycles. The first-order valence-corrected chi connectivity index (χ1v) is 9.04. The number of amides is 2. The number of carbonyl (C=O) groups is 2. The molecule has 2 amide bonds. The molecule has 1 unspecified atom stereocenters. The maximum absolute atomic E-state index is 12.0. The molecule has 24 heavy (non-hydrogen) atoms. The summed E-state index contributed by atoms with van der Waals surface area (Å²) in [6.45, 7) is 2.41. The monoisotopic (exact) mass is 366 g/mol. The second-order valence-corrected chi connectivity index (χ2v) is 7.14. The molecule has 1 aromatic carbocycles. The van der Waals surface area contributed by atoms with Gasteiger partial charge in [-0.3, -0.25) is 9.79 Å². The number of thioether (sulfide) groups is 2. The van der Waals surface area contributed by atoms with Crippen molar-refractivity contribution in [1.29, 1.82) is 0 Å². The maximum atomic E-state index is 12.0. The summed E-state index contributed by atoms with van der Waals surface area (Å²) in [6, 6.07) is 8.52. The summed E-state index contributed by atoms with van der Waals surface area (Å²) in [7, 11) is 1.32. The van der Waals surface area contributed by atoms with Crippen molar-refractivity contribution >= 4 is 51.3 Å². The third kappa shape index (κ3) is 5.57. The molecule has 0 aromatic heterocycles. The highest BCUT2D eigenvalue weighted by Gasteiger charge is 2.27. The molecule has 9 heteroatoms. The summed E-state index contributed by atoms with van der Waals surface area (Å²) in [5.41, 5.74) is 3.47. The molecule has 0 saturated heterocycles. The predicted molar refractivity (Wildman–Crippen MR) is 99.9 cm³/mol. The molecule has 2 rings (SSSR count). The van der Waals surface area contributed by atoms with Crippen LogP contribution in [-0.4, -0.2) is 46.7 Å². The number of methoxy groups -OCH3 is 1. The quantitative estimate of drug-likeness (QED) is 0.475. The summed E-state index contributed by atoms with van der Waals surface area (Å²) >= 11 is 2.88. The van der Waals surface area contributed by atoms with Crippen molar-refractivity contribution in [2.24, 2.45) is 10.1 Å². The topological polar surface area (TPSA) is 92.2 Å². The van der Waals surface area contributed by atoms with Crippen LogP contribution in [0.1, 0.15) is 6.92 Å². The van der Waals surface area contributed by atoms with E-state index in [0.717, 1.165) is 16.7 Å². The van der Waals surface area contributed by atoms with Crippen molar-refractivity contribution in [3.63, 3.8) is 0 Å². The summed E-state index contributed by atoms with van der Waals surface area (Å²) < 4.78 is 5.64. The smallest absolute Gasteiger partial charge is 0.339 e. The number of hydrogen-bond acceptors (Lipinski definition) is 7. The van der Waals surface area contributed by atoms with Gasteiger partial charge >= 0.3 is 12.0 Å². The first-order valence-electron chi connectivity index (χ1n) is 7.18. The lowest BCUT2D eigenvalue weighted by molar-refractivity contribution is -0.138. The van der Waals surface area contributed by atoms with Crippen LogP contribution in [0.15, 0.2) is 40.4 Å². The van der Waals surface area contributed by atoms with E-state index in [1.54, 1.807) is 30.8 Å². The van der Waals surface area contributed by atoms with Gasteiger partial charge in [0.15, 0.2) is 0 Å². The van der Waals surface area contributed by atoms with Crippen LogP contribution >= 0.6 is 23.5 Å². The third-order valence-corrected chi connectivity index (χ3v) is 5.44. The van der Waals surface area contributed by atoms with Crippen LogP contribution in [0.4, 0.5) is 10.5 Å². The summed E-state index contributed by atoms with van der Waals surface area (Å²) in [4.78, 5) is 28.1. The number of aliphatic imine (C=N–C) groups is 1. The zero-order valence-electron chi connectivity index (χ0n) is 13.3. The first-order chi connectivity index (χ1) is 11.6. The largest absolute Gasteiger partial charge is 0.468 e. The van der Waals surface area contributed by atoms with Crippen LogP contribution in [0.25, 0.3) is 0 Å². The van der Waals surface area contributed by atoms with Gasteiger partial charge in [0.05, 0.1) is 19.4 Å². The van der Waals surface area contributed by atoms with E-state index in [0.29, 0.717) is 11.4 Å². The summed E-state index contributed by atoms with van der Waals surface area (Å²) in [5, 5.41) is 6.00. The predicted octanol–water partition coefficient (Wildman–Crippen LogP) is 2.56. The molecule has 128 valence electrons. The lowest BCUT2D eigenvalue weighted by atomic mass is 10.3. The molecule has 0 aliphatic carbocycles. The van der Waals surface area contributed by atoms with Crippen molar-refractivity contribution < 1.29 is 14.3 Å². The maximum Gasteiger partial charge on any atom is 0.339 e. The van der Waals surface area contributed by atoms with E-state index in [2.05, 4.69) is 20.8 Å². The van der Waals surface area contributed by atoms with E-state index in [4.69, 9.17) is 4.74 Å². The number of nitrogens with zero attached hydrogens (tertiary/aromatic N) is 2. The Morgan fingerprint density at radius 2 is 2.12 bits per heavy atom. The van der Waals surface area contributed by atoms with Crippen LogP contribution in [0.3, 0.4) is 0 Å². The van der Waals surface area contributed by atoms with Crippen molar-refractivity contribution in [1.82, 2.24) is 5.43 Å². The molecule has 1 atom stereocenters. The van der Waals surface area contributed by atoms with Gasteiger partial charge < -0.3 is 10.1 Å². The zero-order valence-corrected chi connectivity index (χ0v) is 14.9. The average Bonchev–Trinajstić information content (AvgIpc) is 3.11. The molecule has 1 aromatic rings. The normalized spacial score (nSPS) is 15.4. The second-order valence-electron chi connectivity index (χ2n) is 4.70. The highest BCUT2D eigenvalue weighted by Crippen LogP contribution is 2.27. The Kier molecular flexibility index (Phi) is 7.13. The van der Waals surface area contributed by atoms with Gasteiger partial charge in [-0.05, 0) is 19.1 Å². The molecular formula is C15H18N4O3S2. The molecule has 0 saturated carbocycles. The van der Waals surface area contributed by atoms with E-state index < -0.39 is 17.3 Å². The fourth-order valence-electron chi connectivity index (χ4n) is 1.78. The SMILES string of the molecule is COC(=O)C(SC1=NCCS1)/C(C)=N/NC(=O)Nc1ccccc1. The van der Waals surface area contributed by atoms with E-state index in [-0.39, 0.29) is 0 Å². The molecule has 2 N–H and O–H groups in total. The highest BCUT2D eigenvalue weighted by atomic mass is 32.2. The molecular weight excluding hydrogens is 348 g/mol. The number of hydrazone groups is 1. The molecule has 0 bridgehead atoms. The number of carbonyl (C=O) groups excluding carboxylic acids is 2. The molecule has 1 aliphatic heterocycles. The zero-order chi connectivity index (χ0) is 17.4. The highest BCUT2D eigenvalue weighted by molar-refractivity contribution is 8.39. The van der Waals surface area contributed by atoms with E-state index in [1.807, 2.05) is 18.2 Å². The van der Waals surface area contributed by atoms with Gasteiger partial charge in [0, 0.05) is 11.4 Å². The van der Waals surface area contributed by atoms with Crippen LogP contribution < -0.4 is 10.7 Å². The molecule has 0 radical (unpaired) electrons. The van der Waals surface area contributed by atoms with Gasteiger partial charge in [0.2, 0.25) is 0 Å². The van der Waals surface area contributed by atoms with Gasteiger partial charge in [0.1, 0.15) is 9.63 Å². The second kappa shape index (κ2) is 9.33. The first kappa shape index (κ1) is 18.3. The number of benzene rings is 1. The van der Waals surface area contributed by atoms with Crippen LogP contribution in [-0.2, 0) is 9.53 Å². The Labute approximate surface area is 148 Å². The van der Waals surface area contributed by atoms with Gasteiger partial charge in [-0.25, -0.2) is 10.2 Å². The Bertz CT molecular complexity index is 649. The fraction of sp³-hybridized carbons (Fsp3) is 0.333. The van der Waals surface area contributed by atoms with Gasteiger partial charge in [-0.2, -0.15) is 5.10 Å². The number of ether oxygens (including phenoxy) is 1. The summed E-state index contributed by atoms with van der Waals surface area (Å²) in [6.07, 6.45) is 0. The van der Waals surface area contributed by atoms with Crippen molar-refractivity contribution in [3.8, 4) is 0 Å². The van der Waals surface area contributed by atoms with Gasteiger partial charge in [0.25, 0.3) is 0 Å². The molecule has 1 aliphatic rings. The number of para-hydroxylation sites is 1. The van der Waals surface area contributed by atoms with Crippen LogP contribution in [0.2, 0.25) is 0 Å². The van der Waals surface area contributed by atoms with Crippen molar-refractivity contribution in [2.45, 2.75) is 12.2 Å². The number of esters is 1. The molecule has 7 nitrogen and oxygen atoms in total. The van der Waals surface area contributed by atoms with Crippen LogP contribution in [0.5, 0.6) is 0 Å². The molecule has 0 spiro atoms. The van der Waals surface area contributed by atoms with Crippen LogP contribution in [0, 0.1) is 0 Å². The van der Waals surface area contributed by atoms with E-state index >= 15 is 0 Å². The minimum absolute atomic E-state index is 0.429. The third-order valence-electron chi connectivity index (χ3n) is 2.94. The lowest BCUT2D eigenvalue weighted by Gasteiger charge is -2.13. The van der Waals surface area contributed by atoms with Crippen molar-refractivity contribution in [3.05, 3.63) is 30.3 Å². The fourth-order valence-corrected chi connectivity index (χ4v) is 3.91. The summed E-state index contributed by atoms with van der Waals surface area (Å²) in [5.74, 6) is 0.478. The number of rotatable bonds is 5. The van der Waals surface area contributed by atoms with E-state index in [1.165, 1.54) is 18.9 Å². The number of hydrogen-bond donors (Lipinski definition) is 2. The number of anilines is 1. The van der Waals surface area contributed by atoms with Gasteiger partial charge in [-0.15, -0.1) is 0 Å². The number of urea groups is 1. The van der Waals surface area contributed by atoms with Crippen molar-refractivity contribution in [2.75, 3.05) is 24.7 Å². The van der Waals surface area contributed by atoms with Gasteiger partial charge in [-0.1, -0.05) is 41.7 Å².